The molecular weight excluding hydrogens is 344 g/mol. The van der Waals surface area contributed by atoms with Crippen LogP contribution in [0.25, 0.3) is 11.3 Å². The van der Waals surface area contributed by atoms with Crippen LogP contribution in [-0.2, 0) is 0 Å². The fraction of sp³-hybridized carbons (Fsp3) is 0.421. The molecule has 0 spiro atoms. The van der Waals surface area contributed by atoms with Gasteiger partial charge in [0.05, 0.1) is 17.4 Å². The first-order valence-electron chi connectivity index (χ1n) is 9.08. The molecule has 8 nitrogen and oxygen atoms in total. The van der Waals surface area contributed by atoms with Gasteiger partial charge in [-0.05, 0) is 30.5 Å². The van der Waals surface area contributed by atoms with Crippen molar-refractivity contribution in [1.82, 2.24) is 20.0 Å². The largest absolute Gasteiger partial charge is 0.507 e. The van der Waals surface area contributed by atoms with Gasteiger partial charge in [0, 0.05) is 39.3 Å². The van der Waals surface area contributed by atoms with E-state index in [0.717, 1.165) is 25.2 Å². The van der Waals surface area contributed by atoms with E-state index in [1.807, 2.05) is 17.0 Å². The van der Waals surface area contributed by atoms with Crippen molar-refractivity contribution in [2.75, 3.05) is 44.4 Å². The molecule has 3 N–H and O–H groups in total. The lowest BCUT2D eigenvalue weighted by atomic mass is 9.99. The van der Waals surface area contributed by atoms with Gasteiger partial charge < -0.3 is 25.5 Å². The summed E-state index contributed by atoms with van der Waals surface area (Å²) in [5.41, 5.74) is 8.13. The molecule has 2 atom stereocenters. The SMILES string of the molecule is CN(C)C(=O)N1CC2CC1CN(c1cc(-c3ccccc3O)nnc1N)C2. The number of carbonyl (C=O) groups is 1. The number of phenols is 1. The highest BCUT2D eigenvalue weighted by Crippen LogP contribution is 2.36. The van der Waals surface area contributed by atoms with Crippen molar-refractivity contribution >= 4 is 17.5 Å². The van der Waals surface area contributed by atoms with Crippen molar-refractivity contribution in [3.8, 4) is 17.0 Å². The van der Waals surface area contributed by atoms with Crippen LogP contribution < -0.4 is 10.6 Å². The summed E-state index contributed by atoms with van der Waals surface area (Å²) in [6.07, 6.45) is 1.01. The van der Waals surface area contributed by atoms with E-state index in [0.29, 0.717) is 29.5 Å². The Morgan fingerprint density at radius 2 is 2.00 bits per heavy atom. The average molecular weight is 368 g/mol. The standard InChI is InChI=1S/C19H24N6O2/c1-23(2)19(27)25-10-12-7-13(25)11-24(9-12)16-8-15(21-22-18(16)20)14-5-3-4-6-17(14)26/h3-6,8,12-13,26H,7,9-11H2,1-2H3,(H2,20,22). The van der Waals surface area contributed by atoms with Crippen LogP contribution in [0.5, 0.6) is 5.75 Å². The number of amides is 2. The van der Waals surface area contributed by atoms with Crippen LogP contribution >= 0.6 is 0 Å². The smallest absolute Gasteiger partial charge is 0.319 e. The zero-order valence-electron chi connectivity index (χ0n) is 15.5. The molecular formula is C19H24N6O2. The number of phenolic OH excluding ortho intramolecular Hbond substituents is 1. The molecule has 142 valence electrons. The van der Waals surface area contributed by atoms with Gasteiger partial charge in [0.25, 0.3) is 0 Å². The Hall–Kier alpha value is -3.03. The molecule has 2 fully saturated rings. The fourth-order valence-electron chi connectivity index (χ4n) is 4.11. The quantitative estimate of drug-likeness (QED) is 0.836. The number of aromatic nitrogens is 2. The third-order valence-electron chi connectivity index (χ3n) is 5.36. The van der Waals surface area contributed by atoms with Gasteiger partial charge in [-0.15, -0.1) is 10.2 Å². The van der Waals surface area contributed by atoms with Crippen molar-refractivity contribution < 1.29 is 9.90 Å². The molecule has 8 heteroatoms. The van der Waals surface area contributed by atoms with E-state index in [4.69, 9.17) is 5.73 Å². The number of nitrogens with two attached hydrogens (primary N) is 1. The number of nitrogens with zero attached hydrogens (tertiary/aromatic N) is 5. The second kappa shape index (κ2) is 6.61. The summed E-state index contributed by atoms with van der Waals surface area (Å²) in [6.45, 7) is 2.30. The number of hydrogen-bond donors (Lipinski definition) is 2. The molecule has 0 aliphatic carbocycles. The maximum Gasteiger partial charge on any atom is 0.319 e. The predicted octanol–water partition coefficient (Wildman–Crippen LogP) is 1.62. The number of benzene rings is 1. The summed E-state index contributed by atoms with van der Waals surface area (Å²) >= 11 is 0. The highest BCUT2D eigenvalue weighted by atomic mass is 16.3. The molecule has 2 aromatic rings. The molecule has 0 saturated carbocycles. The molecule has 2 amide bonds. The number of nitrogen functional groups attached to an aromatic ring is 1. The van der Waals surface area contributed by atoms with Crippen molar-refractivity contribution in [1.29, 1.82) is 0 Å². The lowest BCUT2D eigenvalue weighted by Gasteiger charge is -2.35. The Labute approximate surface area is 158 Å². The van der Waals surface area contributed by atoms with Gasteiger partial charge in [0.1, 0.15) is 5.75 Å². The normalized spacial score (nSPS) is 21.4. The molecule has 4 rings (SSSR count). The number of aromatic hydroxyl groups is 1. The van der Waals surface area contributed by atoms with Crippen molar-refractivity contribution in [3.63, 3.8) is 0 Å². The van der Waals surface area contributed by atoms with Crippen LogP contribution in [0.1, 0.15) is 6.42 Å². The average Bonchev–Trinajstić information content (AvgIpc) is 2.95. The summed E-state index contributed by atoms with van der Waals surface area (Å²) in [5.74, 6) is 0.929. The number of piperidine rings is 1. The molecule has 2 unspecified atom stereocenters. The number of anilines is 2. The third kappa shape index (κ3) is 3.11. The molecule has 2 aliphatic heterocycles. The van der Waals surface area contributed by atoms with Gasteiger partial charge in [0.15, 0.2) is 5.82 Å². The van der Waals surface area contributed by atoms with E-state index < -0.39 is 0 Å². The van der Waals surface area contributed by atoms with E-state index in [-0.39, 0.29) is 17.8 Å². The maximum absolute atomic E-state index is 12.4. The van der Waals surface area contributed by atoms with E-state index in [2.05, 4.69) is 15.1 Å². The fourth-order valence-corrected chi connectivity index (χ4v) is 4.11. The molecule has 3 heterocycles. The Bertz CT molecular complexity index is 871. The Morgan fingerprint density at radius 3 is 2.74 bits per heavy atom. The van der Waals surface area contributed by atoms with E-state index in [1.165, 1.54) is 0 Å². The minimum Gasteiger partial charge on any atom is -0.507 e. The Kier molecular flexibility index (Phi) is 4.25. The lowest BCUT2D eigenvalue weighted by molar-refractivity contribution is 0.167. The van der Waals surface area contributed by atoms with Crippen LogP contribution in [0.2, 0.25) is 0 Å². The van der Waals surface area contributed by atoms with E-state index in [9.17, 15) is 9.90 Å². The minimum atomic E-state index is 0.0556. The van der Waals surface area contributed by atoms with Gasteiger partial charge in [-0.25, -0.2) is 4.79 Å². The maximum atomic E-state index is 12.4. The summed E-state index contributed by atoms with van der Waals surface area (Å²) < 4.78 is 0. The van der Waals surface area contributed by atoms with Gasteiger partial charge >= 0.3 is 6.03 Å². The molecule has 1 aromatic heterocycles. The summed E-state index contributed by atoms with van der Waals surface area (Å²) in [5, 5.41) is 18.4. The number of hydrogen-bond acceptors (Lipinski definition) is 6. The first-order chi connectivity index (χ1) is 12.9. The van der Waals surface area contributed by atoms with Gasteiger partial charge in [-0.2, -0.15) is 0 Å². The molecule has 0 radical (unpaired) electrons. The van der Waals surface area contributed by atoms with Gasteiger partial charge in [-0.1, -0.05) is 12.1 Å². The lowest BCUT2D eigenvalue weighted by Crippen LogP contribution is -2.47. The number of para-hydroxylation sites is 1. The summed E-state index contributed by atoms with van der Waals surface area (Å²) in [6, 6.07) is 9.14. The summed E-state index contributed by atoms with van der Waals surface area (Å²) in [7, 11) is 3.57. The number of carbonyl (C=O) groups excluding carboxylic acids is 1. The van der Waals surface area contributed by atoms with Crippen LogP contribution in [0.15, 0.2) is 30.3 Å². The zero-order valence-corrected chi connectivity index (χ0v) is 15.5. The van der Waals surface area contributed by atoms with Crippen LogP contribution in [0, 0.1) is 5.92 Å². The molecule has 2 bridgehead atoms. The second-order valence-electron chi connectivity index (χ2n) is 7.51. The Balaban J connectivity index is 1.62. The highest BCUT2D eigenvalue weighted by molar-refractivity contribution is 5.76. The predicted molar refractivity (Wildman–Crippen MR) is 103 cm³/mol. The van der Waals surface area contributed by atoms with Crippen LogP contribution in [-0.4, -0.2) is 70.9 Å². The zero-order chi connectivity index (χ0) is 19.1. The first-order valence-corrected chi connectivity index (χ1v) is 9.08. The second-order valence-corrected chi connectivity index (χ2v) is 7.51. The number of fused-ring (bicyclic) bond motifs is 2. The number of urea groups is 1. The molecule has 2 saturated heterocycles. The molecule has 27 heavy (non-hydrogen) atoms. The van der Waals surface area contributed by atoms with Crippen LogP contribution in [0.4, 0.5) is 16.3 Å². The van der Waals surface area contributed by atoms with Crippen molar-refractivity contribution in [2.45, 2.75) is 12.5 Å². The number of rotatable bonds is 2. The minimum absolute atomic E-state index is 0.0556. The van der Waals surface area contributed by atoms with E-state index in [1.54, 1.807) is 37.2 Å². The van der Waals surface area contributed by atoms with Crippen molar-refractivity contribution in [3.05, 3.63) is 30.3 Å². The third-order valence-corrected chi connectivity index (χ3v) is 5.36. The van der Waals surface area contributed by atoms with Gasteiger partial charge in [-0.3, -0.25) is 0 Å². The monoisotopic (exact) mass is 368 g/mol. The van der Waals surface area contributed by atoms with E-state index >= 15 is 0 Å². The molecule has 2 aliphatic rings. The van der Waals surface area contributed by atoms with Crippen molar-refractivity contribution in [2.24, 2.45) is 5.92 Å². The number of likely N-dealkylation sites (tertiary alicyclic amines) is 1. The van der Waals surface area contributed by atoms with Crippen LogP contribution in [0.3, 0.4) is 0 Å². The Morgan fingerprint density at radius 1 is 1.22 bits per heavy atom. The topological polar surface area (TPSA) is 98.8 Å². The van der Waals surface area contributed by atoms with Gasteiger partial charge in [0.2, 0.25) is 0 Å². The molecule has 1 aromatic carbocycles. The first kappa shape index (κ1) is 17.4. The highest BCUT2D eigenvalue weighted by Gasteiger charge is 2.41. The summed E-state index contributed by atoms with van der Waals surface area (Å²) in [4.78, 5) is 18.2.